The van der Waals surface area contributed by atoms with E-state index in [-0.39, 0.29) is 29.5 Å². The predicted octanol–water partition coefficient (Wildman–Crippen LogP) is 4.35. The lowest BCUT2D eigenvalue weighted by atomic mass is 10.0. The molecule has 3 aromatic rings. The monoisotopic (exact) mass is 470 g/mol. The van der Waals surface area contributed by atoms with Crippen molar-refractivity contribution < 1.29 is 14.0 Å². The highest BCUT2D eigenvalue weighted by molar-refractivity contribution is 6.16. The van der Waals surface area contributed by atoms with E-state index in [1.807, 2.05) is 41.4 Å². The molecular weight excluding hydrogens is 443 g/mol. The fourth-order valence-corrected chi connectivity index (χ4v) is 5.61. The molecule has 6 nitrogen and oxygen atoms in total. The Morgan fingerprint density at radius 3 is 2.66 bits per heavy atom. The number of benzene rings is 2. The Morgan fingerprint density at radius 2 is 1.89 bits per heavy atom. The number of hydrogen-bond donors (Lipinski definition) is 1. The number of carbonyl (C=O) groups excluding carboxylic acids is 2. The summed E-state index contributed by atoms with van der Waals surface area (Å²) in [5, 5.41) is 1.11. The molecule has 1 aromatic heterocycles. The van der Waals surface area contributed by atoms with Gasteiger partial charge in [0.15, 0.2) is 0 Å². The molecule has 7 heteroatoms. The van der Waals surface area contributed by atoms with Crippen LogP contribution in [0.1, 0.15) is 37.7 Å². The van der Waals surface area contributed by atoms with E-state index in [1.165, 1.54) is 6.07 Å². The third-order valence-corrected chi connectivity index (χ3v) is 8.01. The first kappa shape index (κ1) is 20.9. The Labute approximate surface area is 202 Å². The molecule has 35 heavy (non-hydrogen) atoms. The van der Waals surface area contributed by atoms with Crippen molar-refractivity contribution in [1.82, 2.24) is 14.8 Å². The van der Waals surface area contributed by atoms with Crippen molar-refractivity contribution in [1.29, 1.82) is 0 Å². The Morgan fingerprint density at radius 1 is 1.09 bits per heavy atom. The number of nitrogens with one attached hydrogen (secondary N) is 1. The fourth-order valence-electron chi connectivity index (χ4n) is 5.61. The van der Waals surface area contributed by atoms with Crippen LogP contribution in [-0.2, 0) is 9.59 Å². The molecule has 2 aliphatic heterocycles. The van der Waals surface area contributed by atoms with E-state index in [0.717, 1.165) is 60.7 Å². The third kappa shape index (κ3) is 3.48. The van der Waals surface area contributed by atoms with Gasteiger partial charge in [-0.25, -0.2) is 4.39 Å². The number of halogens is 1. The topological polar surface area (TPSA) is 68.8 Å². The molecule has 0 bridgehead atoms. The van der Waals surface area contributed by atoms with Gasteiger partial charge in [-0.05, 0) is 78.8 Å². The molecule has 3 fully saturated rings. The summed E-state index contributed by atoms with van der Waals surface area (Å²) in [5.74, 6) is 0.714. The Hall–Kier alpha value is -3.48. The van der Waals surface area contributed by atoms with Crippen LogP contribution in [0.5, 0.6) is 0 Å². The highest BCUT2D eigenvalue weighted by Gasteiger charge is 2.58. The largest absolute Gasteiger partial charge is 0.361 e. The van der Waals surface area contributed by atoms with Crippen LogP contribution < -0.4 is 0 Å². The second-order valence-corrected chi connectivity index (χ2v) is 10.6. The number of H-pyrrole nitrogens is 1. The normalized spacial score (nSPS) is 22.9. The second-order valence-electron chi connectivity index (χ2n) is 10.6. The SMILES string of the molecule is O=C(C1CC1)N1CC[C@@H](CN2C(=O)C3(CC3)N=C2c2ccc(-c3ccc4cc[nH]c4c3)cc2F)C1. The van der Waals surface area contributed by atoms with E-state index in [1.54, 1.807) is 11.0 Å². The van der Waals surface area contributed by atoms with Crippen LogP contribution in [0.2, 0.25) is 0 Å². The van der Waals surface area contributed by atoms with Gasteiger partial charge in [0.1, 0.15) is 17.2 Å². The Kier molecular flexibility index (Phi) is 4.47. The van der Waals surface area contributed by atoms with E-state index < -0.39 is 5.54 Å². The maximum absolute atomic E-state index is 15.5. The maximum Gasteiger partial charge on any atom is 0.256 e. The summed E-state index contributed by atoms with van der Waals surface area (Å²) in [6.45, 7) is 1.90. The molecule has 2 aromatic carbocycles. The number of likely N-dealkylation sites (tertiary alicyclic amines) is 1. The zero-order chi connectivity index (χ0) is 23.7. The number of fused-ring (bicyclic) bond motifs is 1. The molecule has 3 heterocycles. The second kappa shape index (κ2) is 7.51. The highest BCUT2D eigenvalue weighted by Crippen LogP contribution is 2.46. The predicted molar refractivity (Wildman–Crippen MR) is 131 cm³/mol. The van der Waals surface area contributed by atoms with Gasteiger partial charge in [0.25, 0.3) is 5.91 Å². The highest BCUT2D eigenvalue weighted by atomic mass is 19.1. The molecule has 7 rings (SSSR count). The zero-order valence-corrected chi connectivity index (χ0v) is 19.5. The number of carbonyl (C=O) groups is 2. The van der Waals surface area contributed by atoms with Gasteiger partial charge in [-0.15, -0.1) is 0 Å². The molecule has 0 unspecified atom stereocenters. The minimum absolute atomic E-state index is 0.0138. The first-order valence-electron chi connectivity index (χ1n) is 12.6. The number of amidine groups is 1. The smallest absolute Gasteiger partial charge is 0.256 e. The van der Waals surface area contributed by atoms with Crippen LogP contribution in [0.4, 0.5) is 4.39 Å². The summed E-state index contributed by atoms with van der Waals surface area (Å²) in [4.78, 5) is 37.4. The van der Waals surface area contributed by atoms with E-state index in [0.29, 0.717) is 24.5 Å². The first-order chi connectivity index (χ1) is 17.0. The first-order valence-corrected chi connectivity index (χ1v) is 12.6. The summed E-state index contributed by atoms with van der Waals surface area (Å²) in [7, 11) is 0. The summed E-state index contributed by atoms with van der Waals surface area (Å²) < 4.78 is 15.5. The van der Waals surface area contributed by atoms with Gasteiger partial charge in [0.2, 0.25) is 5.91 Å². The van der Waals surface area contributed by atoms with E-state index >= 15 is 4.39 Å². The van der Waals surface area contributed by atoms with Crippen molar-refractivity contribution in [2.24, 2.45) is 16.8 Å². The molecule has 2 amide bonds. The van der Waals surface area contributed by atoms with Crippen molar-refractivity contribution in [3.05, 3.63) is 60.0 Å². The lowest BCUT2D eigenvalue weighted by molar-refractivity contribution is -0.131. The number of hydrogen-bond acceptors (Lipinski definition) is 3. The van der Waals surface area contributed by atoms with Gasteiger partial charge in [-0.3, -0.25) is 19.5 Å². The van der Waals surface area contributed by atoms with Gasteiger partial charge in [-0.1, -0.05) is 18.2 Å². The average molecular weight is 471 g/mol. The molecular formula is C28H27FN4O2. The standard InChI is InChI=1S/C28H27FN4O2/c29-23-13-20(21-4-1-18-7-11-30-24(18)14-21)5-6-22(23)25-31-28(9-10-28)27(35)33(25)16-17-8-12-32(15-17)26(34)19-2-3-19/h1,4-7,11,13-14,17,19,30H,2-3,8-10,12,15-16H2/t17-/m1/s1. The van der Waals surface area contributed by atoms with Crippen molar-refractivity contribution in [2.75, 3.05) is 19.6 Å². The van der Waals surface area contributed by atoms with Crippen LogP contribution in [0.3, 0.4) is 0 Å². The van der Waals surface area contributed by atoms with Gasteiger partial charge in [-0.2, -0.15) is 0 Å². The van der Waals surface area contributed by atoms with Crippen LogP contribution in [-0.4, -0.2) is 57.6 Å². The van der Waals surface area contributed by atoms with E-state index in [2.05, 4.69) is 4.98 Å². The van der Waals surface area contributed by atoms with Crippen LogP contribution >= 0.6 is 0 Å². The molecule has 1 atom stereocenters. The van der Waals surface area contributed by atoms with Crippen LogP contribution in [0.15, 0.2) is 53.7 Å². The van der Waals surface area contributed by atoms with Crippen LogP contribution in [0.25, 0.3) is 22.0 Å². The number of amides is 2. The summed E-state index contributed by atoms with van der Waals surface area (Å²) in [5.41, 5.74) is 2.39. The Bertz CT molecular complexity index is 1400. The molecule has 1 spiro atoms. The minimum atomic E-state index is -0.693. The van der Waals surface area contributed by atoms with Crippen molar-refractivity contribution in [2.45, 2.75) is 37.6 Å². The molecule has 178 valence electrons. The van der Waals surface area contributed by atoms with Gasteiger partial charge < -0.3 is 9.88 Å². The van der Waals surface area contributed by atoms with Gasteiger partial charge in [0, 0.05) is 37.3 Å². The lowest BCUT2D eigenvalue weighted by Gasteiger charge is -2.24. The number of rotatable bonds is 5. The zero-order valence-electron chi connectivity index (χ0n) is 19.5. The number of nitrogens with zero attached hydrogens (tertiary/aromatic N) is 3. The van der Waals surface area contributed by atoms with Crippen molar-refractivity contribution in [3.8, 4) is 11.1 Å². The fraction of sp³-hybridized carbons (Fsp3) is 0.393. The molecule has 2 aliphatic carbocycles. The molecule has 0 radical (unpaired) electrons. The quantitative estimate of drug-likeness (QED) is 0.602. The van der Waals surface area contributed by atoms with Gasteiger partial charge >= 0.3 is 0 Å². The van der Waals surface area contributed by atoms with E-state index in [4.69, 9.17) is 4.99 Å². The molecule has 4 aliphatic rings. The van der Waals surface area contributed by atoms with Crippen molar-refractivity contribution in [3.63, 3.8) is 0 Å². The lowest BCUT2D eigenvalue weighted by Crippen LogP contribution is -2.41. The minimum Gasteiger partial charge on any atom is -0.361 e. The number of aromatic amines is 1. The third-order valence-electron chi connectivity index (χ3n) is 8.01. The van der Waals surface area contributed by atoms with Crippen molar-refractivity contribution >= 4 is 28.6 Å². The average Bonchev–Trinajstić information content (AvgIpc) is 3.74. The number of aromatic nitrogens is 1. The molecule has 2 saturated carbocycles. The summed E-state index contributed by atoms with van der Waals surface area (Å²) in [6, 6.07) is 13.2. The summed E-state index contributed by atoms with van der Waals surface area (Å²) in [6.07, 6.45) is 6.19. The number of aliphatic imine (C=N–C) groups is 1. The Balaban J connectivity index is 1.15. The molecule has 1 N–H and O–H groups in total. The van der Waals surface area contributed by atoms with Crippen LogP contribution in [0, 0.1) is 17.7 Å². The van der Waals surface area contributed by atoms with Gasteiger partial charge in [0.05, 0.1) is 5.56 Å². The summed E-state index contributed by atoms with van der Waals surface area (Å²) >= 11 is 0. The van der Waals surface area contributed by atoms with E-state index in [9.17, 15) is 9.59 Å². The maximum atomic E-state index is 15.5. The molecule has 1 saturated heterocycles.